The van der Waals surface area contributed by atoms with Gasteiger partial charge in [0, 0.05) is 78.3 Å². The molecule has 18 atom stereocenters. The standard InChI is InChI=1S/C22H29ClO3.C21H29ClO2.C21H30O3/c1-13(25)26-16-6-8-21(2)15(11-16)4-5-17-18(21)7-9-22(3)19(17)10-14(12-24)20(22)23;1-13(23)24-15-8-10-20(2)14(12-15)4-5-16-17-6-7-19(22)21(17,3)11-9-18(16)20;1-13(22)24-15-8-10-20(2)14(12-15)4-5-16-17-6-7-19(23)21(17,3)11-9-18(16)20/h4,12,16-19H,5-11H2,1-3H3;4,7,15-18H,5-6,8-12H2,1-3H3;4,15-18H,5-12H2,1-3H3/t16-,17?,18?,19?,21-,22-;2*15-,16?,17?,18?,20-,21-/m000/s1. The van der Waals surface area contributed by atoms with Gasteiger partial charge in [-0.3, -0.25) is 24.0 Å². The molecule has 12 aliphatic rings. The van der Waals surface area contributed by atoms with Gasteiger partial charge in [0.25, 0.3) is 0 Å². The number of esters is 3. The predicted octanol–water partition coefficient (Wildman–Crippen LogP) is 15.2. The van der Waals surface area contributed by atoms with Gasteiger partial charge in [-0.2, -0.15) is 0 Å². The maximum absolute atomic E-state index is 12.4. The molecule has 10 heteroatoms. The summed E-state index contributed by atoms with van der Waals surface area (Å²) >= 11 is 13.2. The number of allylic oxidation sites excluding steroid dienone is 7. The average Bonchev–Trinajstić information content (AvgIpc) is 3.96. The lowest BCUT2D eigenvalue weighted by molar-refractivity contribution is -0.149. The first kappa shape index (κ1) is 54.4. The Labute approximate surface area is 453 Å². The molecule has 9 unspecified atom stereocenters. The molecule has 12 aliphatic carbocycles. The number of halogens is 2. The molecule has 0 aromatic carbocycles. The minimum Gasteiger partial charge on any atom is -0.462 e. The number of carbonyl (C=O) groups excluding carboxylic acids is 5. The summed E-state index contributed by atoms with van der Waals surface area (Å²) in [5.41, 5.74) is 6.33. The van der Waals surface area contributed by atoms with Gasteiger partial charge in [-0.15, -0.1) is 0 Å². The first-order chi connectivity index (χ1) is 35.0. The van der Waals surface area contributed by atoms with Crippen molar-refractivity contribution in [1.29, 1.82) is 0 Å². The second-order valence-corrected chi connectivity index (χ2v) is 28.3. The Hall–Kier alpha value is -2.97. The van der Waals surface area contributed by atoms with E-state index in [0.29, 0.717) is 52.6 Å². The maximum Gasteiger partial charge on any atom is 0.302 e. The molecule has 0 aromatic rings. The lowest BCUT2D eigenvalue weighted by atomic mass is 9.48. The van der Waals surface area contributed by atoms with Crippen molar-refractivity contribution in [2.24, 2.45) is 85.8 Å². The third-order valence-corrected chi connectivity index (χ3v) is 25.4. The molecule has 0 aromatic heterocycles. The fourth-order valence-electron chi connectivity index (χ4n) is 19.9. The van der Waals surface area contributed by atoms with Crippen LogP contribution in [0.3, 0.4) is 0 Å². The van der Waals surface area contributed by atoms with Crippen LogP contribution in [-0.2, 0) is 38.2 Å². The van der Waals surface area contributed by atoms with Crippen molar-refractivity contribution in [1.82, 2.24) is 0 Å². The van der Waals surface area contributed by atoms with Gasteiger partial charge in [0.1, 0.15) is 30.4 Å². The second kappa shape index (κ2) is 20.0. The highest BCUT2D eigenvalue weighted by Crippen LogP contribution is 2.69. The minimum atomic E-state index is -0.172. The number of hydrogen-bond acceptors (Lipinski definition) is 8. The smallest absolute Gasteiger partial charge is 0.302 e. The van der Waals surface area contributed by atoms with Crippen LogP contribution < -0.4 is 0 Å². The van der Waals surface area contributed by atoms with Crippen molar-refractivity contribution in [3.63, 3.8) is 0 Å². The number of ether oxygens (including phenoxy) is 3. The molecule has 0 N–H and O–H groups in total. The van der Waals surface area contributed by atoms with Crippen LogP contribution >= 0.6 is 23.2 Å². The molecule has 0 spiro atoms. The fourth-order valence-corrected chi connectivity index (χ4v) is 20.6. The van der Waals surface area contributed by atoms with Crippen molar-refractivity contribution in [2.45, 2.75) is 222 Å². The van der Waals surface area contributed by atoms with Crippen LogP contribution in [0.15, 0.2) is 56.7 Å². The summed E-state index contributed by atoms with van der Waals surface area (Å²) in [6.07, 6.45) is 34.2. The summed E-state index contributed by atoms with van der Waals surface area (Å²) in [7, 11) is 0. The summed E-state index contributed by atoms with van der Waals surface area (Å²) in [6, 6.07) is 0. The molecular weight excluding hydrogens is 968 g/mol. The molecule has 12 rings (SSSR count). The third kappa shape index (κ3) is 9.04. The van der Waals surface area contributed by atoms with Crippen LogP contribution in [0.2, 0.25) is 0 Å². The first-order valence-corrected chi connectivity index (χ1v) is 30.1. The van der Waals surface area contributed by atoms with Crippen LogP contribution in [0.1, 0.15) is 204 Å². The van der Waals surface area contributed by atoms with Gasteiger partial charge < -0.3 is 14.2 Å². The van der Waals surface area contributed by atoms with E-state index in [1.807, 2.05) is 0 Å². The van der Waals surface area contributed by atoms with E-state index in [1.165, 1.54) is 64.0 Å². The number of hydrogen-bond donors (Lipinski definition) is 0. The number of ketones is 1. The van der Waals surface area contributed by atoms with Crippen LogP contribution in [0.5, 0.6) is 0 Å². The molecule has 8 nitrogen and oxygen atoms in total. The summed E-state index contributed by atoms with van der Waals surface area (Å²) in [5.74, 6) is 5.99. The molecule has 0 aliphatic heterocycles. The van der Waals surface area contributed by atoms with Crippen LogP contribution in [-0.4, -0.2) is 48.3 Å². The number of carbonyl (C=O) groups is 5. The van der Waals surface area contributed by atoms with Gasteiger partial charge in [0.2, 0.25) is 0 Å². The van der Waals surface area contributed by atoms with Gasteiger partial charge in [0.15, 0.2) is 0 Å². The zero-order valence-corrected chi connectivity index (χ0v) is 47.9. The number of fused-ring (bicyclic) bond motifs is 15. The summed E-state index contributed by atoms with van der Waals surface area (Å²) in [6.45, 7) is 18.8. The molecule has 0 radical (unpaired) electrons. The molecule has 0 saturated heterocycles. The van der Waals surface area contributed by atoms with Crippen molar-refractivity contribution in [3.05, 3.63) is 56.7 Å². The van der Waals surface area contributed by atoms with Gasteiger partial charge in [0.05, 0.1) is 0 Å². The summed E-state index contributed by atoms with van der Waals surface area (Å²) in [5, 5.41) is 1.94. The molecule has 7 fully saturated rings. The zero-order chi connectivity index (χ0) is 52.9. The molecule has 7 saturated carbocycles. The Morgan fingerprint density at radius 2 is 0.851 bits per heavy atom. The third-order valence-electron chi connectivity index (χ3n) is 24.1. The van der Waals surface area contributed by atoms with Crippen molar-refractivity contribution in [2.75, 3.05) is 0 Å². The predicted molar refractivity (Wildman–Crippen MR) is 290 cm³/mol. The first-order valence-electron chi connectivity index (χ1n) is 29.3. The number of aldehydes is 1. The van der Waals surface area contributed by atoms with E-state index in [4.69, 9.17) is 37.4 Å². The molecule has 406 valence electrons. The largest absolute Gasteiger partial charge is 0.462 e. The van der Waals surface area contributed by atoms with Crippen LogP contribution in [0, 0.1) is 85.8 Å². The van der Waals surface area contributed by atoms with Crippen LogP contribution in [0.25, 0.3) is 0 Å². The normalized spacial score (nSPS) is 46.2. The van der Waals surface area contributed by atoms with E-state index in [-0.39, 0.29) is 63.3 Å². The van der Waals surface area contributed by atoms with E-state index in [0.717, 1.165) is 143 Å². The Kier molecular flexibility index (Phi) is 14.7. The van der Waals surface area contributed by atoms with E-state index >= 15 is 0 Å². The number of rotatable bonds is 4. The molecule has 74 heavy (non-hydrogen) atoms. The fraction of sp³-hybridized carbons (Fsp3) is 0.766. The van der Waals surface area contributed by atoms with Gasteiger partial charge in [-0.1, -0.05) is 106 Å². The minimum absolute atomic E-state index is 0.0182. The number of Topliss-reactive ketones (excluding diaryl/α,β-unsaturated/α-hetero) is 1. The van der Waals surface area contributed by atoms with E-state index < -0.39 is 0 Å². The average molecular weight is 1060 g/mol. The van der Waals surface area contributed by atoms with Gasteiger partial charge in [-0.05, 0) is 185 Å². The lowest BCUT2D eigenvalue weighted by Gasteiger charge is -2.57. The Morgan fingerprint density at radius 3 is 1.28 bits per heavy atom. The van der Waals surface area contributed by atoms with Crippen molar-refractivity contribution >= 4 is 53.2 Å². The lowest BCUT2D eigenvalue weighted by Crippen LogP contribution is -2.50. The Morgan fingerprint density at radius 1 is 0.473 bits per heavy atom. The van der Waals surface area contributed by atoms with E-state index in [1.54, 1.807) is 5.57 Å². The molecular formula is C64H88Cl2O8. The zero-order valence-electron chi connectivity index (χ0n) is 46.4. The van der Waals surface area contributed by atoms with E-state index in [9.17, 15) is 24.0 Å². The monoisotopic (exact) mass is 1050 g/mol. The highest BCUT2D eigenvalue weighted by atomic mass is 35.5. The highest BCUT2D eigenvalue weighted by molar-refractivity contribution is 6.32. The van der Waals surface area contributed by atoms with E-state index in [2.05, 4.69) is 65.8 Å². The maximum atomic E-state index is 12.4. The highest BCUT2D eigenvalue weighted by Gasteiger charge is 2.61. The topological polar surface area (TPSA) is 113 Å². The summed E-state index contributed by atoms with van der Waals surface area (Å²) in [4.78, 5) is 57.9. The molecule has 0 amide bonds. The quantitative estimate of drug-likeness (QED) is 0.118. The van der Waals surface area contributed by atoms with Gasteiger partial charge >= 0.3 is 17.9 Å². The summed E-state index contributed by atoms with van der Waals surface area (Å²) < 4.78 is 16.5. The SMILES string of the molecule is CC(=O)O[C@H]1CC[C@@]2(C)C(=CCC3C2CC[C@]2(C)C(=O)CCC32)C1.CC(=O)O[C@H]1CC[C@@]2(C)C(=CCC3C2CC[C@]2(C)C(Cl)=C(C=O)CC32)C1.CC(=O)O[C@H]1CC[C@@]2(C)C(=CCC3C2CC[C@]2(C)C(Cl)=CCC32)C1. The Balaban J connectivity index is 0.000000127. The van der Waals surface area contributed by atoms with Gasteiger partial charge in [-0.25, -0.2) is 0 Å². The van der Waals surface area contributed by atoms with Crippen molar-refractivity contribution in [3.8, 4) is 0 Å². The second-order valence-electron chi connectivity index (χ2n) is 27.5. The molecule has 0 heterocycles. The van der Waals surface area contributed by atoms with Crippen LogP contribution in [0.4, 0.5) is 0 Å². The van der Waals surface area contributed by atoms with Crippen molar-refractivity contribution < 1.29 is 38.2 Å². The Bertz CT molecular complexity index is 2460. The molecule has 0 bridgehead atoms.